The summed E-state index contributed by atoms with van der Waals surface area (Å²) in [5, 5.41) is 7.02. The molecule has 0 aliphatic carbocycles. The van der Waals surface area contributed by atoms with Crippen molar-refractivity contribution in [2.45, 2.75) is 19.3 Å². The molecule has 0 unspecified atom stereocenters. The first-order valence-electron chi connectivity index (χ1n) is 4.01. The fourth-order valence-electron chi connectivity index (χ4n) is 1.03. The molecular weight excluding hydrogens is 150 g/mol. The predicted molar refractivity (Wildman–Crippen MR) is 49.1 cm³/mol. The Morgan fingerprint density at radius 1 is 1.58 bits per heavy atom. The molecule has 1 rings (SSSR count). The van der Waals surface area contributed by atoms with Crippen LogP contribution in [0.5, 0.6) is 0 Å². The van der Waals surface area contributed by atoms with Crippen LogP contribution in [-0.4, -0.2) is 10.8 Å². The van der Waals surface area contributed by atoms with Crippen molar-refractivity contribution in [2.24, 2.45) is 5.73 Å². The molecule has 0 aromatic carbocycles. The minimum absolute atomic E-state index is 0.263. The van der Waals surface area contributed by atoms with E-state index in [0.29, 0.717) is 6.42 Å². The smallest absolute Gasteiger partial charge is 0.0905 e. The molecule has 0 radical (unpaired) electrons. The Bertz CT molecular complexity index is 243. The third kappa shape index (κ3) is 3.14. The quantitative estimate of drug-likeness (QED) is 0.519. The molecule has 0 saturated heterocycles. The number of nitrogens with zero attached hydrogens (tertiary/aromatic N) is 1. The van der Waals surface area contributed by atoms with Gasteiger partial charge < -0.3 is 5.73 Å². The van der Waals surface area contributed by atoms with E-state index in [4.69, 9.17) is 11.1 Å². The van der Waals surface area contributed by atoms with Crippen molar-refractivity contribution in [2.75, 3.05) is 0 Å². The first-order valence-corrected chi connectivity index (χ1v) is 4.01. The third-order valence-electron chi connectivity index (χ3n) is 1.63. The summed E-state index contributed by atoms with van der Waals surface area (Å²) in [4.78, 5) is 4.00. The SMILES string of the molecule is N=C(N)CCCc1cccnc1. The third-order valence-corrected chi connectivity index (χ3v) is 1.63. The van der Waals surface area contributed by atoms with E-state index in [1.54, 1.807) is 6.20 Å². The Kier molecular flexibility index (Phi) is 3.26. The lowest BCUT2D eigenvalue weighted by atomic mass is 10.1. The summed E-state index contributed by atoms with van der Waals surface area (Å²) in [6.07, 6.45) is 6.16. The molecule has 1 aromatic rings. The summed E-state index contributed by atoms with van der Waals surface area (Å²) in [6, 6.07) is 3.95. The molecule has 12 heavy (non-hydrogen) atoms. The van der Waals surface area contributed by atoms with Crippen LogP contribution in [0.3, 0.4) is 0 Å². The zero-order valence-electron chi connectivity index (χ0n) is 6.96. The lowest BCUT2D eigenvalue weighted by Crippen LogP contribution is -2.09. The number of amidine groups is 1. The van der Waals surface area contributed by atoms with E-state index >= 15 is 0 Å². The van der Waals surface area contributed by atoms with Crippen molar-refractivity contribution in [3.63, 3.8) is 0 Å². The maximum Gasteiger partial charge on any atom is 0.0905 e. The molecule has 0 bridgehead atoms. The van der Waals surface area contributed by atoms with E-state index in [1.165, 1.54) is 5.56 Å². The lowest BCUT2D eigenvalue weighted by molar-refractivity contribution is 0.852. The molecule has 1 aromatic heterocycles. The average molecular weight is 163 g/mol. The van der Waals surface area contributed by atoms with Crippen molar-refractivity contribution in [1.29, 1.82) is 5.41 Å². The van der Waals surface area contributed by atoms with Crippen molar-refractivity contribution >= 4 is 5.84 Å². The predicted octanol–water partition coefficient (Wildman–Crippen LogP) is 1.34. The largest absolute Gasteiger partial charge is 0.388 e. The summed E-state index contributed by atoms with van der Waals surface area (Å²) in [7, 11) is 0. The molecule has 0 saturated carbocycles. The van der Waals surface area contributed by atoms with Gasteiger partial charge in [-0.2, -0.15) is 0 Å². The number of nitrogens with one attached hydrogen (secondary N) is 1. The van der Waals surface area contributed by atoms with E-state index in [1.807, 2.05) is 18.3 Å². The first-order chi connectivity index (χ1) is 5.79. The summed E-state index contributed by atoms with van der Waals surface area (Å²) in [5.41, 5.74) is 6.43. The van der Waals surface area contributed by atoms with Crippen molar-refractivity contribution in [3.05, 3.63) is 30.1 Å². The number of nitrogens with two attached hydrogens (primary N) is 1. The Labute approximate surface area is 72.1 Å². The summed E-state index contributed by atoms with van der Waals surface area (Å²) in [5.74, 6) is 0.263. The highest BCUT2D eigenvalue weighted by Crippen LogP contribution is 2.01. The molecule has 0 fully saturated rings. The molecule has 3 N–H and O–H groups in total. The fraction of sp³-hybridized carbons (Fsp3) is 0.333. The van der Waals surface area contributed by atoms with Gasteiger partial charge in [0.25, 0.3) is 0 Å². The standard InChI is InChI=1S/C9H13N3/c10-9(11)5-1-3-8-4-2-6-12-7-8/h2,4,6-7H,1,3,5H2,(H3,10,11). The van der Waals surface area contributed by atoms with Gasteiger partial charge in [-0.25, -0.2) is 0 Å². The van der Waals surface area contributed by atoms with Crippen LogP contribution >= 0.6 is 0 Å². The number of hydrogen-bond donors (Lipinski definition) is 2. The van der Waals surface area contributed by atoms with Crippen LogP contribution in [0.1, 0.15) is 18.4 Å². The second kappa shape index (κ2) is 4.49. The number of aromatic nitrogens is 1. The second-order valence-corrected chi connectivity index (χ2v) is 2.74. The molecule has 0 atom stereocenters. The van der Waals surface area contributed by atoms with Crippen molar-refractivity contribution in [1.82, 2.24) is 4.98 Å². The van der Waals surface area contributed by atoms with E-state index < -0.39 is 0 Å². The number of aryl methyl sites for hydroxylation is 1. The summed E-state index contributed by atoms with van der Waals surface area (Å²) < 4.78 is 0. The average Bonchev–Trinajstić information content (AvgIpc) is 2.05. The van der Waals surface area contributed by atoms with Gasteiger partial charge in [0.2, 0.25) is 0 Å². The van der Waals surface area contributed by atoms with Crippen LogP contribution < -0.4 is 5.73 Å². The molecule has 64 valence electrons. The fourth-order valence-corrected chi connectivity index (χ4v) is 1.03. The van der Waals surface area contributed by atoms with Gasteiger partial charge in [-0.3, -0.25) is 10.4 Å². The van der Waals surface area contributed by atoms with Crippen LogP contribution in [0.4, 0.5) is 0 Å². The Hall–Kier alpha value is -1.38. The van der Waals surface area contributed by atoms with Gasteiger partial charge in [-0.05, 0) is 24.5 Å². The Morgan fingerprint density at radius 3 is 3.00 bits per heavy atom. The van der Waals surface area contributed by atoms with Crippen LogP contribution in [0.2, 0.25) is 0 Å². The summed E-state index contributed by atoms with van der Waals surface area (Å²) in [6.45, 7) is 0. The van der Waals surface area contributed by atoms with Gasteiger partial charge in [0, 0.05) is 18.8 Å². The normalized spacial score (nSPS) is 9.67. The van der Waals surface area contributed by atoms with Crippen LogP contribution in [0, 0.1) is 5.41 Å². The van der Waals surface area contributed by atoms with Crippen LogP contribution in [0.15, 0.2) is 24.5 Å². The molecule has 0 spiro atoms. The Balaban J connectivity index is 2.29. The molecular formula is C9H13N3. The highest BCUT2D eigenvalue weighted by atomic mass is 14.7. The van der Waals surface area contributed by atoms with E-state index in [2.05, 4.69) is 4.98 Å². The molecule has 0 aliphatic heterocycles. The van der Waals surface area contributed by atoms with Gasteiger partial charge in [0.1, 0.15) is 0 Å². The molecule has 3 nitrogen and oxygen atoms in total. The first kappa shape index (κ1) is 8.71. The zero-order chi connectivity index (χ0) is 8.81. The number of hydrogen-bond acceptors (Lipinski definition) is 2. The number of pyridine rings is 1. The molecule has 1 heterocycles. The monoisotopic (exact) mass is 163 g/mol. The van der Waals surface area contributed by atoms with Gasteiger partial charge in [0.15, 0.2) is 0 Å². The van der Waals surface area contributed by atoms with Crippen LogP contribution in [-0.2, 0) is 6.42 Å². The maximum absolute atomic E-state index is 7.02. The maximum atomic E-state index is 7.02. The van der Waals surface area contributed by atoms with E-state index in [-0.39, 0.29) is 5.84 Å². The van der Waals surface area contributed by atoms with Crippen molar-refractivity contribution in [3.8, 4) is 0 Å². The lowest BCUT2D eigenvalue weighted by Gasteiger charge is -1.98. The molecule has 0 aliphatic rings. The van der Waals surface area contributed by atoms with Gasteiger partial charge in [-0.1, -0.05) is 6.07 Å². The summed E-state index contributed by atoms with van der Waals surface area (Å²) >= 11 is 0. The topological polar surface area (TPSA) is 62.8 Å². The van der Waals surface area contributed by atoms with E-state index in [0.717, 1.165) is 12.8 Å². The zero-order valence-corrected chi connectivity index (χ0v) is 6.96. The second-order valence-electron chi connectivity index (χ2n) is 2.74. The van der Waals surface area contributed by atoms with Gasteiger partial charge >= 0.3 is 0 Å². The minimum Gasteiger partial charge on any atom is -0.388 e. The van der Waals surface area contributed by atoms with Gasteiger partial charge in [0.05, 0.1) is 5.84 Å². The van der Waals surface area contributed by atoms with Gasteiger partial charge in [-0.15, -0.1) is 0 Å². The van der Waals surface area contributed by atoms with Crippen molar-refractivity contribution < 1.29 is 0 Å². The Morgan fingerprint density at radius 2 is 2.42 bits per heavy atom. The number of rotatable bonds is 4. The van der Waals surface area contributed by atoms with Crippen LogP contribution in [0.25, 0.3) is 0 Å². The minimum atomic E-state index is 0.263. The molecule has 0 amide bonds. The highest BCUT2D eigenvalue weighted by Gasteiger charge is 1.93. The van der Waals surface area contributed by atoms with E-state index in [9.17, 15) is 0 Å². The molecule has 3 heteroatoms. The highest BCUT2D eigenvalue weighted by molar-refractivity contribution is 5.76.